The van der Waals surface area contributed by atoms with Crippen LogP contribution in [0, 0.1) is 6.92 Å². The predicted octanol–water partition coefficient (Wildman–Crippen LogP) is 0.580. The Bertz CT molecular complexity index is 361. The number of aromatic nitrogens is 1. The monoisotopic (exact) mass is 210 g/mol. The molecule has 5 heteroatoms. The lowest BCUT2D eigenvalue weighted by Crippen LogP contribution is -2.37. The Labute approximate surface area is 87.7 Å². The molecule has 5 nitrogen and oxygen atoms in total. The largest absolute Gasteiger partial charge is 0.394 e. The predicted molar refractivity (Wildman–Crippen MR) is 52.4 cm³/mol. The molecule has 2 heterocycles. The molecule has 1 aromatic rings. The van der Waals surface area contributed by atoms with Gasteiger partial charge in [-0.05, 0) is 19.8 Å². The summed E-state index contributed by atoms with van der Waals surface area (Å²) < 4.78 is 4.91. The standard InChI is InChI=1S/C10H14N2O3/c1-7-5-11-15-9(7)10(14)12-4-2-3-8(12)6-13/h5,8,13H,2-4,6H2,1H3/t8-/m1/s1. The highest BCUT2D eigenvalue weighted by atomic mass is 16.5. The second-order valence-electron chi connectivity index (χ2n) is 3.82. The van der Waals surface area contributed by atoms with E-state index in [1.54, 1.807) is 11.8 Å². The number of hydrogen-bond acceptors (Lipinski definition) is 4. The van der Waals surface area contributed by atoms with Crippen LogP contribution >= 0.6 is 0 Å². The Balaban J connectivity index is 2.18. The van der Waals surface area contributed by atoms with Crippen LogP contribution in [0.15, 0.2) is 10.7 Å². The Morgan fingerprint density at radius 2 is 2.60 bits per heavy atom. The molecule has 0 aliphatic carbocycles. The fraction of sp³-hybridized carbons (Fsp3) is 0.600. The quantitative estimate of drug-likeness (QED) is 0.775. The van der Waals surface area contributed by atoms with Crippen molar-refractivity contribution < 1.29 is 14.4 Å². The van der Waals surface area contributed by atoms with Gasteiger partial charge in [0.25, 0.3) is 5.91 Å². The van der Waals surface area contributed by atoms with E-state index in [9.17, 15) is 4.79 Å². The molecule has 0 bridgehead atoms. The topological polar surface area (TPSA) is 66.6 Å². The van der Waals surface area contributed by atoms with Crippen molar-refractivity contribution in [1.82, 2.24) is 10.1 Å². The Morgan fingerprint density at radius 3 is 3.20 bits per heavy atom. The second-order valence-corrected chi connectivity index (χ2v) is 3.82. The molecule has 82 valence electrons. The number of nitrogens with zero attached hydrogens (tertiary/aromatic N) is 2. The van der Waals surface area contributed by atoms with Gasteiger partial charge in [0.2, 0.25) is 5.76 Å². The minimum atomic E-state index is -0.165. The average Bonchev–Trinajstić information content (AvgIpc) is 2.84. The molecule has 1 aromatic heterocycles. The number of rotatable bonds is 2. The molecule has 0 saturated carbocycles. The number of carbonyl (C=O) groups excluding carboxylic acids is 1. The average molecular weight is 210 g/mol. The summed E-state index contributed by atoms with van der Waals surface area (Å²) in [5.41, 5.74) is 0.739. The molecule has 0 aromatic carbocycles. The van der Waals surface area contributed by atoms with Gasteiger partial charge in [-0.3, -0.25) is 4.79 Å². The van der Waals surface area contributed by atoms with Gasteiger partial charge in [0, 0.05) is 12.1 Å². The lowest BCUT2D eigenvalue weighted by atomic mass is 10.2. The molecule has 1 aliphatic rings. The maximum absolute atomic E-state index is 12.0. The zero-order chi connectivity index (χ0) is 10.8. The van der Waals surface area contributed by atoms with Crippen molar-refractivity contribution in [3.8, 4) is 0 Å². The third kappa shape index (κ3) is 1.74. The maximum Gasteiger partial charge on any atom is 0.293 e. The van der Waals surface area contributed by atoms with E-state index in [4.69, 9.17) is 9.63 Å². The van der Waals surface area contributed by atoms with Crippen molar-refractivity contribution in [3.63, 3.8) is 0 Å². The third-order valence-electron chi connectivity index (χ3n) is 2.79. The van der Waals surface area contributed by atoms with Crippen molar-refractivity contribution in [3.05, 3.63) is 17.5 Å². The Morgan fingerprint density at radius 1 is 1.80 bits per heavy atom. The Kier molecular flexibility index (Phi) is 2.73. The molecule has 1 saturated heterocycles. The van der Waals surface area contributed by atoms with Gasteiger partial charge in [0.05, 0.1) is 18.8 Å². The summed E-state index contributed by atoms with van der Waals surface area (Å²) in [4.78, 5) is 13.6. The van der Waals surface area contributed by atoms with E-state index in [1.807, 2.05) is 0 Å². The van der Waals surface area contributed by atoms with E-state index in [0.717, 1.165) is 18.4 Å². The van der Waals surface area contributed by atoms with Crippen LogP contribution in [-0.4, -0.2) is 40.3 Å². The smallest absolute Gasteiger partial charge is 0.293 e. The lowest BCUT2D eigenvalue weighted by Gasteiger charge is -2.21. The minimum Gasteiger partial charge on any atom is -0.394 e. The van der Waals surface area contributed by atoms with Crippen LogP contribution in [-0.2, 0) is 0 Å². The second kappa shape index (κ2) is 4.02. The SMILES string of the molecule is Cc1cnoc1C(=O)N1CCC[C@@H]1CO. The van der Waals surface area contributed by atoms with Gasteiger partial charge in [-0.15, -0.1) is 0 Å². The summed E-state index contributed by atoms with van der Waals surface area (Å²) in [5, 5.41) is 12.7. The number of aliphatic hydroxyl groups is 1. The molecule has 0 radical (unpaired) electrons. The first-order valence-electron chi connectivity index (χ1n) is 5.07. The maximum atomic E-state index is 12.0. The van der Waals surface area contributed by atoms with Crippen molar-refractivity contribution in [2.24, 2.45) is 0 Å². The molecule has 1 atom stereocenters. The first kappa shape index (κ1) is 10.2. The first-order valence-corrected chi connectivity index (χ1v) is 5.07. The van der Waals surface area contributed by atoms with Gasteiger partial charge < -0.3 is 14.5 Å². The summed E-state index contributed by atoms with van der Waals surface area (Å²) in [5.74, 6) is 0.122. The van der Waals surface area contributed by atoms with E-state index in [1.165, 1.54) is 6.20 Å². The number of aliphatic hydroxyl groups excluding tert-OH is 1. The van der Waals surface area contributed by atoms with Crippen LogP contribution in [0.25, 0.3) is 0 Å². The molecule has 0 unspecified atom stereocenters. The Hall–Kier alpha value is -1.36. The van der Waals surface area contributed by atoms with Crippen molar-refractivity contribution >= 4 is 5.91 Å². The highest BCUT2D eigenvalue weighted by Gasteiger charge is 2.31. The van der Waals surface area contributed by atoms with Gasteiger partial charge in [-0.2, -0.15) is 0 Å². The van der Waals surface area contributed by atoms with Gasteiger partial charge in [0.1, 0.15) is 0 Å². The number of amides is 1. The van der Waals surface area contributed by atoms with Gasteiger partial charge in [-0.1, -0.05) is 5.16 Å². The molecule has 15 heavy (non-hydrogen) atoms. The van der Waals surface area contributed by atoms with Gasteiger partial charge in [-0.25, -0.2) is 0 Å². The van der Waals surface area contributed by atoms with E-state index >= 15 is 0 Å². The molecular formula is C10H14N2O3. The summed E-state index contributed by atoms with van der Waals surface area (Å²) in [6, 6.07) is -0.0676. The van der Waals surface area contributed by atoms with Crippen LogP contribution in [0.5, 0.6) is 0 Å². The van der Waals surface area contributed by atoms with E-state index < -0.39 is 0 Å². The number of aryl methyl sites for hydroxylation is 1. The zero-order valence-electron chi connectivity index (χ0n) is 8.64. The lowest BCUT2D eigenvalue weighted by molar-refractivity contribution is 0.0635. The third-order valence-corrected chi connectivity index (χ3v) is 2.79. The number of likely N-dealkylation sites (tertiary alicyclic amines) is 1. The summed E-state index contributed by atoms with van der Waals surface area (Å²) in [6.45, 7) is 2.48. The first-order chi connectivity index (χ1) is 7.24. The van der Waals surface area contributed by atoms with Crippen LogP contribution < -0.4 is 0 Å². The highest BCUT2D eigenvalue weighted by Crippen LogP contribution is 2.20. The zero-order valence-corrected chi connectivity index (χ0v) is 8.64. The molecule has 2 rings (SSSR count). The summed E-state index contributed by atoms with van der Waals surface area (Å²) in [6.07, 6.45) is 3.32. The van der Waals surface area contributed by atoms with Crippen molar-refractivity contribution in [2.75, 3.05) is 13.2 Å². The van der Waals surface area contributed by atoms with Crippen LogP contribution in [0.4, 0.5) is 0 Å². The van der Waals surface area contributed by atoms with Crippen molar-refractivity contribution in [2.45, 2.75) is 25.8 Å². The molecule has 1 N–H and O–H groups in total. The number of hydrogen-bond donors (Lipinski definition) is 1. The van der Waals surface area contributed by atoms with Crippen LogP contribution in [0.2, 0.25) is 0 Å². The molecule has 1 amide bonds. The molecule has 0 spiro atoms. The van der Waals surface area contributed by atoms with Gasteiger partial charge >= 0.3 is 0 Å². The highest BCUT2D eigenvalue weighted by molar-refractivity contribution is 5.93. The van der Waals surface area contributed by atoms with Crippen molar-refractivity contribution in [1.29, 1.82) is 0 Å². The van der Waals surface area contributed by atoms with E-state index in [-0.39, 0.29) is 24.3 Å². The van der Waals surface area contributed by atoms with Crippen LogP contribution in [0.1, 0.15) is 29.0 Å². The molecule has 1 fully saturated rings. The number of carbonyl (C=O) groups is 1. The fourth-order valence-electron chi connectivity index (χ4n) is 1.92. The van der Waals surface area contributed by atoms with E-state index in [0.29, 0.717) is 6.54 Å². The van der Waals surface area contributed by atoms with Crippen LogP contribution in [0.3, 0.4) is 0 Å². The fourth-order valence-corrected chi connectivity index (χ4v) is 1.92. The molecule has 1 aliphatic heterocycles. The molecular weight excluding hydrogens is 196 g/mol. The minimum absolute atomic E-state index is 0.0128. The summed E-state index contributed by atoms with van der Waals surface area (Å²) >= 11 is 0. The normalized spacial score (nSPS) is 20.9. The van der Waals surface area contributed by atoms with E-state index in [2.05, 4.69) is 5.16 Å². The van der Waals surface area contributed by atoms with Gasteiger partial charge in [0.15, 0.2) is 0 Å². The summed E-state index contributed by atoms with van der Waals surface area (Å²) in [7, 11) is 0.